The van der Waals surface area contributed by atoms with E-state index in [1.165, 1.54) is 12.8 Å². The van der Waals surface area contributed by atoms with E-state index in [4.69, 9.17) is 4.74 Å². The number of carbonyl (C=O) groups is 1. The Bertz CT molecular complexity index is 134. The van der Waals surface area contributed by atoms with Crippen molar-refractivity contribution < 1.29 is 19.0 Å². The number of cyclic esters (lactones) is 2. The molecule has 0 saturated carbocycles. The summed E-state index contributed by atoms with van der Waals surface area (Å²) in [7, 11) is 0. The summed E-state index contributed by atoms with van der Waals surface area (Å²) >= 11 is 0. The second-order valence-electron chi connectivity index (χ2n) is 2.81. The molecule has 0 bridgehead atoms. The number of hydrogen-bond acceptors (Lipinski definition) is 4. The summed E-state index contributed by atoms with van der Waals surface area (Å²) in [6.45, 7) is 4.18. The molecule has 4 heteroatoms. The molecule has 12 heavy (non-hydrogen) atoms. The van der Waals surface area contributed by atoms with E-state index in [0.717, 1.165) is 13.2 Å². The Hall–Kier alpha value is -0.770. The molecule has 0 N–H and O–H groups in total. The van der Waals surface area contributed by atoms with Gasteiger partial charge in [0.2, 0.25) is 0 Å². The maximum Gasteiger partial charge on any atom is 0.508 e. The smallest absolute Gasteiger partial charge is 0.430 e. The zero-order chi connectivity index (χ0) is 8.81. The van der Waals surface area contributed by atoms with Crippen LogP contribution in [0.15, 0.2) is 0 Å². The Labute approximate surface area is 71.8 Å². The number of carbonyl (C=O) groups excluding carboxylic acids is 1. The molecule has 2 saturated heterocycles. The van der Waals surface area contributed by atoms with E-state index in [0.29, 0.717) is 6.61 Å². The van der Waals surface area contributed by atoms with Crippen LogP contribution in [0.25, 0.3) is 0 Å². The van der Waals surface area contributed by atoms with Gasteiger partial charge in [-0.05, 0) is 19.8 Å². The summed E-state index contributed by atoms with van der Waals surface area (Å²) in [4.78, 5) is 10.0. The molecule has 4 nitrogen and oxygen atoms in total. The van der Waals surface area contributed by atoms with Gasteiger partial charge in [-0.15, -0.1) is 0 Å². The van der Waals surface area contributed by atoms with Crippen molar-refractivity contribution in [3.63, 3.8) is 0 Å². The molecule has 2 rings (SSSR count). The molecule has 2 heterocycles. The lowest BCUT2D eigenvalue weighted by atomic mass is 10.4. The Morgan fingerprint density at radius 3 is 2.17 bits per heavy atom. The van der Waals surface area contributed by atoms with E-state index in [1.807, 2.05) is 0 Å². The number of rotatable bonds is 0. The first-order valence-corrected chi connectivity index (χ1v) is 4.20. The lowest BCUT2D eigenvalue weighted by molar-refractivity contribution is 0.121. The Morgan fingerprint density at radius 2 is 2.00 bits per heavy atom. The quantitative estimate of drug-likeness (QED) is 0.520. The minimum atomic E-state index is -0.549. The summed E-state index contributed by atoms with van der Waals surface area (Å²) in [6, 6.07) is 0. The highest BCUT2D eigenvalue weighted by molar-refractivity contribution is 5.61. The molecule has 0 spiro atoms. The van der Waals surface area contributed by atoms with Crippen molar-refractivity contribution in [1.29, 1.82) is 0 Å². The van der Waals surface area contributed by atoms with E-state index in [-0.39, 0.29) is 6.10 Å². The molecule has 2 aliphatic rings. The molecule has 0 aromatic carbocycles. The molecule has 2 aliphatic heterocycles. The topological polar surface area (TPSA) is 44.8 Å². The van der Waals surface area contributed by atoms with Gasteiger partial charge in [-0.2, -0.15) is 0 Å². The van der Waals surface area contributed by atoms with E-state index in [9.17, 15) is 4.79 Å². The molecule has 1 unspecified atom stereocenters. The zero-order valence-corrected chi connectivity index (χ0v) is 7.25. The normalized spacial score (nSPS) is 27.1. The van der Waals surface area contributed by atoms with Crippen LogP contribution in [0.2, 0.25) is 0 Å². The van der Waals surface area contributed by atoms with Gasteiger partial charge in [0.1, 0.15) is 12.7 Å². The van der Waals surface area contributed by atoms with Crippen molar-refractivity contribution in [2.24, 2.45) is 0 Å². The first-order chi connectivity index (χ1) is 5.79. The standard InChI is InChI=1S/C4H6O3.C4H8O/c1-3-2-6-4(5)7-3;1-2-4-5-3-1/h3H,2H2,1H3;1-4H2. The third-order valence-electron chi connectivity index (χ3n) is 1.56. The van der Waals surface area contributed by atoms with E-state index < -0.39 is 6.16 Å². The van der Waals surface area contributed by atoms with E-state index in [2.05, 4.69) is 9.47 Å². The van der Waals surface area contributed by atoms with Gasteiger partial charge in [-0.25, -0.2) is 4.79 Å². The van der Waals surface area contributed by atoms with Gasteiger partial charge in [0, 0.05) is 13.2 Å². The van der Waals surface area contributed by atoms with Crippen LogP contribution >= 0.6 is 0 Å². The SMILES string of the molecule is C1CCOC1.CC1COC(=O)O1. The Balaban J connectivity index is 0.000000127. The molecule has 70 valence electrons. The first kappa shape index (κ1) is 9.32. The molecule has 0 amide bonds. The van der Waals surface area contributed by atoms with E-state index >= 15 is 0 Å². The average molecular weight is 174 g/mol. The Morgan fingerprint density at radius 1 is 1.33 bits per heavy atom. The largest absolute Gasteiger partial charge is 0.508 e. The summed E-state index contributed by atoms with van der Waals surface area (Å²) in [6.07, 6.45) is 1.96. The lowest BCUT2D eigenvalue weighted by Crippen LogP contribution is -2.01. The molecule has 1 atom stereocenters. The number of hydrogen-bond donors (Lipinski definition) is 0. The highest BCUT2D eigenvalue weighted by atomic mass is 16.8. The van der Waals surface area contributed by atoms with Crippen LogP contribution in [-0.2, 0) is 14.2 Å². The maximum absolute atomic E-state index is 10.0. The van der Waals surface area contributed by atoms with Gasteiger partial charge >= 0.3 is 6.16 Å². The third-order valence-corrected chi connectivity index (χ3v) is 1.56. The van der Waals surface area contributed by atoms with Crippen molar-refractivity contribution in [3.8, 4) is 0 Å². The zero-order valence-electron chi connectivity index (χ0n) is 7.25. The van der Waals surface area contributed by atoms with Crippen molar-refractivity contribution in [2.75, 3.05) is 19.8 Å². The molecule has 0 aromatic heterocycles. The van der Waals surface area contributed by atoms with Crippen LogP contribution in [-0.4, -0.2) is 32.1 Å². The monoisotopic (exact) mass is 174 g/mol. The predicted molar refractivity (Wildman–Crippen MR) is 41.9 cm³/mol. The predicted octanol–water partition coefficient (Wildman–Crippen LogP) is 1.34. The summed E-state index contributed by atoms with van der Waals surface area (Å²) in [5, 5.41) is 0. The highest BCUT2D eigenvalue weighted by Gasteiger charge is 2.19. The van der Waals surface area contributed by atoms with Gasteiger partial charge in [0.25, 0.3) is 0 Å². The second kappa shape index (κ2) is 4.98. The lowest BCUT2D eigenvalue weighted by Gasteiger charge is -1.90. The number of ether oxygens (including phenoxy) is 3. The minimum Gasteiger partial charge on any atom is -0.430 e. The van der Waals surface area contributed by atoms with Crippen LogP contribution in [0.5, 0.6) is 0 Å². The highest BCUT2D eigenvalue weighted by Crippen LogP contribution is 2.02. The van der Waals surface area contributed by atoms with Crippen LogP contribution in [0.3, 0.4) is 0 Å². The summed E-state index contributed by atoms with van der Waals surface area (Å²) < 4.78 is 13.8. The minimum absolute atomic E-state index is 0.0486. The van der Waals surface area contributed by atoms with Gasteiger partial charge < -0.3 is 14.2 Å². The molecular weight excluding hydrogens is 160 g/mol. The summed E-state index contributed by atoms with van der Waals surface area (Å²) in [5.74, 6) is 0. The fourth-order valence-electron chi connectivity index (χ4n) is 0.928. The first-order valence-electron chi connectivity index (χ1n) is 4.20. The molecule has 0 aliphatic carbocycles. The van der Waals surface area contributed by atoms with Crippen molar-refractivity contribution in [1.82, 2.24) is 0 Å². The van der Waals surface area contributed by atoms with Crippen LogP contribution in [0.4, 0.5) is 4.79 Å². The van der Waals surface area contributed by atoms with Crippen molar-refractivity contribution in [3.05, 3.63) is 0 Å². The fourth-order valence-corrected chi connectivity index (χ4v) is 0.928. The van der Waals surface area contributed by atoms with Crippen LogP contribution < -0.4 is 0 Å². The molecular formula is C8H14O4. The van der Waals surface area contributed by atoms with Crippen molar-refractivity contribution in [2.45, 2.75) is 25.9 Å². The second-order valence-corrected chi connectivity index (χ2v) is 2.81. The molecule has 2 fully saturated rings. The van der Waals surface area contributed by atoms with E-state index in [1.54, 1.807) is 6.92 Å². The maximum atomic E-state index is 10.0. The van der Waals surface area contributed by atoms with Crippen LogP contribution in [0, 0.1) is 0 Å². The van der Waals surface area contributed by atoms with Gasteiger partial charge in [0.05, 0.1) is 0 Å². The third kappa shape index (κ3) is 3.57. The average Bonchev–Trinajstić information content (AvgIpc) is 2.63. The molecule has 0 aromatic rings. The van der Waals surface area contributed by atoms with Gasteiger partial charge in [-0.1, -0.05) is 0 Å². The van der Waals surface area contributed by atoms with Gasteiger partial charge in [-0.3, -0.25) is 0 Å². The van der Waals surface area contributed by atoms with Crippen molar-refractivity contribution >= 4 is 6.16 Å². The van der Waals surface area contributed by atoms with Gasteiger partial charge in [0.15, 0.2) is 0 Å². The molecule has 0 radical (unpaired) electrons. The van der Waals surface area contributed by atoms with Crippen LogP contribution in [0.1, 0.15) is 19.8 Å². The Kier molecular flexibility index (Phi) is 3.87. The fraction of sp³-hybridized carbons (Fsp3) is 0.875. The summed E-state index contributed by atoms with van der Waals surface area (Å²) in [5.41, 5.74) is 0.